The van der Waals surface area contributed by atoms with Gasteiger partial charge in [0.25, 0.3) is 21.8 Å². The number of carbonyl (C=O) groups is 2. The molecule has 3 rings (SSSR count). The van der Waals surface area contributed by atoms with E-state index in [-0.39, 0.29) is 22.1 Å². The number of nitrogens with one attached hydrogen (secondary N) is 1. The summed E-state index contributed by atoms with van der Waals surface area (Å²) in [5.74, 6) is -0.972. The number of sulfonamides is 1. The van der Waals surface area contributed by atoms with Crippen molar-refractivity contribution < 1.29 is 18.0 Å². The van der Waals surface area contributed by atoms with Crippen LogP contribution in [0.3, 0.4) is 0 Å². The fourth-order valence-electron chi connectivity index (χ4n) is 3.26. The Morgan fingerprint density at radius 1 is 1.14 bits per heavy atom. The number of benzene rings is 2. The van der Waals surface area contributed by atoms with Crippen LogP contribution in [0.15, 0.2) is 47.4 Å². The van der Waals surface area contributed by atoms with Crippen LogP contribution in [0.25, 0.3) is 0 Å². The Labute approximate surface area is 169 Å². The van der Waals surface area contributed by atoms with E-state index in [1.165, 1.54) is 18.2 Å². The first-order valence-electron chi connectivity index (χ1n) is 8.96. The highest BCUT2D eigenvalue weighted by molar-refractivity contribution is 7.90. The van der Waals surface area contributed by atoms with Gasteiger partial charge in [-0.1, -0.05) is 30.7 Å². The van der Waals surface area contributed by atoms with Gasteiger partial charge in [0.2, 0.25) is 0 Å². The Morgan fingerprint density at radius 2 is 1.79 bits per heavy atom. The lowest BCUT2D eigenvalue weighted by atomic mass is 10.0. The molecule has 28 heavy (non-hydrogen) atoms. The van der Waals surface area contributed by atoms with Gasteiger partial charge in [0.15, 0.2) is 0 Å². The number of nitrogens with zero attached hydrogens (tertiary/aromatic N) is 1. The number of hydrogen-bond donors (Lipinski definition) is 1. The second-order valence-electron chi connectivity index (χ2n) is 6.90. The number of rotatable bonds is 5. The van der Waals surface area contributed by atoms with Crippen molar-refractivity contribution in [3.63, 3.8) is 0 Å². The molecule has 0 saturated heterocycles. The van der Waals surface area contributed by atoms with E-state index in [1.54, 1.807) is 26.0 Å². The molecule has 0 radical (unpaired) electrons. The van der Waals surface area contributed by atoms with Gasteiger partial charge in [-0.05, 0) is 56.2 Å². The third-order valence-corrected chi connectivity index (χ3v) is 6.92. The number of amides is 2. The lowest BCUT2D eigenvalue weighted by molar-refractivity contribution is 0.0845. The Balaban J connectivity index is 1.90. The number of carbonyl (C=O) groups excluding carboxylic acids is 2. The van der Waals surface area contributed by atoms with Crippen LogP contribution in [0.4, 0.5) is 0 Å². The van der Waals surface area contributed by atoms with Crippen molar-refractivity contribution in [3.8, 4) is 0 Å². The van der Waals surface area contributed by atoms with E-state index >= 15 is 0 Å². The zero-order chi connectivity index (χ0) is 20.6. The molecule has 1 unspecified atom stereocenters. The van der Waals surface area contributed by atoms with E-state index in [0.717, 1.165) is 9.87 Å². The Kier molecular flexibility index (Phi) is 5.50. The van der Waals surface area contributed by atoms with Crippen molar-refractivity contribution in [1.82, 2.24) is 9.62 Å². The van der Waals surface area contributed by atoms with Gasteiger partial charge >= 0.3 is 0 Å². The van der Waals surface area contributed by atoms with Gasteiger partial charge in [0.05, 0.1) is 11.6 Å². The zero-order valence-corrected chi connectivity index (χ0v) is 17.3. The van der Waals surface area contributed by atoms with E-state index in [2.05, 4.69) is 5.32 Å². The van der Waals surface area contributed by atoms with E-state index in [1.807, 2.05) is 19.1 Å². The molecule has 8 heteroatoms. The van der Waals surface area contributed by atoms with Crippen molar-refractivity contribution >= 4 is 33.4 Å². The van der Waals surface area contributed by atoms with Gasteiger partial charge in [-0.2, -0.15) is 0 Å². The lowest BCUT2D eigenvalue weighted by Crippen LogP contribution is -2.36. The second-order valence-corrected chi connectivity index (χ2v) is 9.12. The standard InChI is InChI=1S/C20H21ClN2O4S/c1-4-17(13-5-8-15(21)9-6-13)22-19(24)14-7-10-16-18(11-14)28(26,27)23(12(2)3)20(16)25/h5-12,17H,4H2,1-3H3,(H,22,24). The summed E-state index contributed by atoms with van der Waals surface area (Å²) in [6.45, 7) is 5.20. The third kappa shape index (κ3) is 3.52. The van der Waals surface area contributed by atoms with Gasteiger partial charge in [0, 0.05) is 16.6 Å². The Bertz CT molecular complexity index is 1030. The molecule has 1 aliphatic heterocycles. The molecular formula is C20H21ClN2O4S. The summed E-state index contributed by atoms with van der Waals surface area (Å²) in [7, 11) is -3.95. The highest BCUT2D eigenvalue weighted by Crippen LogP contribution is 2.32. The summed E-state index contributed by atoms with van der Waals surface area (Å²) in [4.78, 5) is 25.0. The fraction of sp³-hybridized carbons (Fsp3) is 0.300. The molecule has 148 valence electrons. The minimum absolute atomic E-state index is 0.0926. The van der Waals surface area contributed by atoms with E-state index in [9.17, 15) is 18.0 Å². The molecule has 0 aliphatic carbocycles. The van der Waals surface area contributed by atoms with Crippen LogP contribution < -0.4 is 5.32 Å². The van der Waals surface area contributed by atoms with E-state index in [0.29, 0.717) is 11.4 Å². The van der Waals surface area contributed by atoms with E-state index in [4.69, 9.17) is 11.6 Å². The lowest BCUT2D eigenvalue weighted by Gasteiger charge is -2.19. The first-order chi connectivity index (χ1) is 13.2. The van der Waals surface area contributed by atoms with E-state index < -0.39 is 27.9 Å². The summed E-state index contributed by atoms with van der Waals surface area (Å²) in [6, 6.07) is 10.6. The van der Waals surface area contributed by atoms with Crippen molar-refractivity contribution in [2.24, 2.45) is 0 Å². The molecule has 0 spiro atoms. The zero-order valence-electron chi connectivity index (χ0n) is 15.8. The summed E-state index contributed by atoms with van der Waals surface area (Å²) < 4.78 is 26.3. The first kappa shape index (κ1) is 20.4. The molecule has 6 nitrogen and oxygen atoms in total. The monoisotopic (exact) mass is 420 g/mol. The molecule has 1 atom stereocenters. The fourth-order valence-corrected chi connectivity index (χ4v) is 5.18. The molecule has 2 aromatic carbocycles. The summed E-state index contributed by atoms with van der Waals surface area (Å²) in [5, 5.41) is 3.51. The number of hydrogen-bond acceptors (Lipinski definition) is 4. The largest absolute Gasteiger partial charge is 0.345 e. The maximum atomic E-state index is 12.7. The summed E-state index contributed by atoms with van der Waals surface area (Å²) in [5.41, 5.74) is 1.18. The molecule has 1 heterocycles. The third-order valence-electron chi connectivity index (χ3n) is 4.67. The minimum Gasteiger partial charge on any atom is -0.345 e. The predicted octanol–water partition coefficient (Wildman–Crippen LogP) is 3.77. The first-order valence-corrected chi connectivity index (χ1v) is 10.8. The highest BCUT2D eigenvalue weighted by atomic mass is 35.5. The number of fused-ring (bicyclic) bond motifs is 1. The molecule has 0 saturated carbocycles. The summed E-state index contributed by atoms with van der Waals surface area (Å²) >= 11 is 5.91. The predicted molar refractivity (Wildman–Crippen MR) is 107 cm³/mol. The second kappa shape index (κ2) is 7.56. The van der Waals surface area contributed by atoms with Crippen LogP contribution in [0.1, 0.15) is 59.5 Å². The van der Waals surface area contributed by atoms with Crippen LogP contribution in [0.2, 0.25) is 5.02 Å². The molecular weight excluding hydrogens is 400 g/mol. The molecule has 0 fully saturated rings. The van der Waals surface area contributed by atoms with Crippen molar-refractivity contribution in [1.29, 1.82) is 0 Å². The maximum absolute atomic E-state index is 12.7. The Morgan fingerprint density at radius 3 is 2.36 bits per heavy atom. The van der Waals surface area contributed by atoms with Crippen molar-refractivity contribution in [3.05, 3.63) is 64.2 Å². The molecule has 2 aromatic rings. The smallest absolute Gasteiger partial charge is 0.269 e. The van der Waals surface area contributed by atoms with Gasteiger partial charge in [-0.15, -0.1) is 0 Å². The maximum Gasteiger partial charge on any atom is 0.269 e. The molecule has 0 bridgehead atoms. The van der Waals surface area contributed by atoms with Gasteiger partial charge in [-0.3, -0.25) is 9.59 Å². The molecule has 1 N–H and O–H groups in total. The summed E-state index contributed by atoms with van der Waals surface area (Å²) in [6.07, 6.45) is 0.649. The quantitative estimate of drug-likeness (QED) is 0.797. The Hall–Kier alpha value is -2.38. The van der Waals surface area contributed by atoms with Crippen LogP contribution in [-0.4, -0.2) is 30.6 Å². The van der Waals surface area contributed by atoms with Crippen LogP contribution in [0, 0.1) is 0 Å². The molecule has 0 aromatic heterocycles. The minimum atomic E-state index is -3.95. The van der Waals surface area contributed by atoms with Gasteiger partial charge < -0.3 is 5.32 Å². The van der Waals surface area contributed by atoms with Crippen molar-refractivity contribution in [2.45, 2.75) is 44.2 Å². The van der Waals surface area contributed by atoms with Crippen molar-refractivity contribution in [2.75, 3.05) is 0 Å². The average molecular weight is 421 g/mol. The molecule has 2 amide bonds. The normalized spacial score (nSPS) is 16.2. The van der Waals surface area contributed by atoms with Gasteiger partial charge in [-0.25, -0.2) is 12.7 Å². The van der Waals surface area contributed by atoms with Gasteiger partial charge in [0.1, 0.15) is 4.90 Å². The highest BCUT2D eigenvalue weighted by Gasteiger charge is 2.43. The SMILES string of the molecule is CCC(NC(=O)c1ccc2c(c1)S(=O)(=O)N(C(C)C)C2=O)c1ccc(Cl)cc1. The van der Waals surface area contributed by atoms with Crippen LogP contribution in [0.5, 0.6) is 0 Å². The van der Waals surface area contributed by atoms with Crippen LogP contribution in [-0.2, 0) is 10.0 Å². The van der Waals surface area contributed by atoms with Crippen LogP contribution >= 0.6 is 11.6 Å². The number of halogens is 1. The molecule has 1 aliphatic rings. The average Bonchev–Trinajstić information content (AvgIpc) is 2.85. The topological polar surface area (TPSA) is 83.6 Å².